The Morgan fingerprint density at radius 2 is 2.46 bits per heavy atom. The summed E-state index contributed by atoms with van der Waals surface area (Å²) in [5.74, 6) is 0. The van der Waals surface area contributed by atoms with Gasteiger partial charge in [-0.25, -0.2) is 0 Å². The van der Waals surface area contributed by atoms with Crippen LogP contribution in [0, 0.1) is 0 Å². The van der Waals surface area contributed by atoms with Gasteiger partial charge in [-0.2, -0.15) is 0 Å². The lowest BCUT2D eigenvalue weighted by molar-refractivity contribution is -0.131. The van der Waals surface area contributed by atoms with Gasteiger partial charge in [0.2, 0.25) is 0 Å². The van der Waals surface area contributed by atoms with Crippen LogP contribution in [0.2, 0.25) is 0 Å². The van der Waals surface area contributed by atoms with E-state index in [0.29, 0.717) is 6.54 Å². The van der Waals surface area contributed by atoms with Crippen LogP contribution in [0.25, 0.3) is 10.4 Å². The summed E-state index contributed by atoms with van der Waals surface area (Å²) >= 11 is 0. The number of nitrogens with zero attached hydrogens (tertiary/aromatic N) is 3. The third-order valence-electron chi connectivity index (χ3n) is 1.92. The molecule has 0 spiro atoms. The van der Waals surface area contributed by atoms with E-state index in [4.69, 9.17) is 15.0 Å². The highest BCUT2D eigenvalue weighted by Gasteiger charge is 2.24. The first-order valence-corrected chi connectivity index (χ1v) is 4.64. The molecule has 1 rings (SSSR count). The molecular weight excluding hydrogens is 170 g/mol. The van der Waals surface area contributed by atoms with E-state index in [0.717, 1.165) is 25.9 Å². The molecule has 1 heterocycles. The fourth-order valence-electron chi connectivity index (χ4n) is 1.31. The highest BCUT2D eigenvalue weighted by molar-refractivity contribution is 4.70. The van der Waals surface area contributed by atoms with Gasteiger partial charge in [0, 0.05) is 17.9 Å². The zero-order valence-corrected chi connectivity index (χ0v) is 7.85. The standard InChI is InChI=1S/C8H15N3O2/c1-2-5-12-8-4-3-7(13-8)6-10-11-9/h7-8H,2-6H2,1H3. The van der Waals surface area contributed by atoms with E-state index in [2.05, 4.69) is 16.9 Å². The molecule has 0 aromatic heterocycles. The van der Waals surface area contributed by atoms with Crippen LogP contribution in [0.4, 0.5) is 0 Å². The Morgan fingerprint density at radius 3 is 3.15 bits per heavy atom. The Bertz CT molecular complexity index is 192. The highest BCUT2D eigenvalue weighted by atomic mass is 16.7. The van der Waals surface area contributed by atoms with Crippen molar-refractivity contribution < 1.29 is 9.47 Å². The maximum Gasteiger partial charge on any atom is 0.158 e. The van der Waals surface area contributed by atoms with Gasteiger partial charge < -0.3 is 9.47 Å². The minimum atomic E-state index is -0.0844. The topological polar surface area (TPSA) is 67.2 Å². The van der Waals surface area contributed by atoms with Crippen molar-refractivity contribution in [2.24, 2.45) is 5.11 Å². The van der Waals surface area contributed by atoms with Gasteiger partial charge in [0.05, 0.1) is 12.6 Å². The third kappa shape index (κ3) is 3.63. The van der Waals surface area contributed by atoms with Crippen molar-refractivity contribution in [3.63, 3.8) is 0 Å². The second kappa shape index (κ2) is 5.80. The maximum atomic E-state index is 8.11. The average molecular weight is 185 g/mol. The highest BCUT2D eigenvalue weighted by Crippen LogP contribution is 2.20. The van der Waals surface area contributed by atoms with Gasteiger partial charge >= 0.3 is 0 Å². The van der Waals surface area contributed by atoms with Crippen LogP contribution in [-0.2, 0) is 9.47 Å². The van der Waals surface area contributed by atoms with E-state index in [9.17, 15) is 0 Å². The SMILES string of the molecule is CCCOC1CCC(CN=[N+]=[N-])O1. The summed E-state index contributed by atoms with van der Waals surface area (Å²) in [6, 6.07) is 0. The summed E-state index contributed by atoms with van der Waals surface area (Å²) in [6.45, 7) is 3.22. The Labute approximate surface area is 77.6 Å². The molecule has 0 amide bonds. The Kier molecular flexibility index (Phi) is 4.60. The average Bonchev–Trinajstić information content (AvgIpc) is 2.59. The van der Waals surface area contributed by atoms with Crippen molar-refractivity contribution >= 4 is 0 Å². The predicted molar refractivity (Wildman–Crippen MR) is 48.2 cm³/mol. The van der Waals surface area contributed by atoms with Gasteiger partial charge in [-0.3, -0.25) is 0 Å². The minimum absolute atomic E-state index is 0.0535. The number of hydrogen-bond donors (Lipinski definition) is 0. The van der Waals surface area contributed by atoms with Crippen molar-refractivity contribution in [1.29, 1.82) is 0 Å². The Balaban J connectivity index is 2.15. The summed E-state index contributed by atoms with van der Waals surface area (Å²) in [4.78, 5) is 2.69. The molecule has 5 nitrogen and oxygen atoms in total. The maximum absolute atomic E-state index is 8.11. The summed E-state index contributed by atoms with van der Waals surface area (Å²) in [6.07, 6.45) is 2.80. The zero-order valence-electron chi connectivity index (χ0n) is 7.85. The van der Waals surface area contributed by atoms with Gasteiger partial charge in [-0.05, 0) is 18.4 Å². The molecule has 2 atom stereocenters. The van der Waals surface area contributed by atoms with Crippen LogP contribution >= 0.6 is 0 Å². The van der Waals surface area contributed by atoms with Crippen LogP contribution in [0.15, 0.2) is 5.11 Å². The molecule has 0 saturated carbocycles. The molecule has 1 aliphatic rings. The van der Waals surface area contributed by atoms with Crippen LogP contribution in [0.3, 0.4) is 0 Å². The summed E-state index contributed by atoms with van der Waals surface area (Å²) < 4.78 is 10.9. The first-order chi connectivity index (χ1) is 6.36. The van der Waals surface area contributed by atoms with Crippen LogP contribution in [0.5, 0.6) is 0 Å². The molecule has 0 radical (unpaired) electrons. The van der Waals surface area contributed by atoms with Crippen molar-refractivity contribution in [3.05, 3.63) is 10.4 Å². The number of rotatable bonds is 5. The summed E-state index contributed by atoms with van der Waals surface area (Å²) in [7, 11) is 0. The summed E-state index contributed by atoms with van der Waals surface area (Å²) in [5.41, 5.74) is 8.11. The molecule has 5 heteroatoms. The van der Waals surface area contributed by atoms with Gasteiger partial charge in [0.1, 0.15) is 0 Å². The zero-order chi connectivity index (χ0) is 9.52. The van der Waals surface area contributed by atoms with Crippen LogP contribution in [0.1, 0.15) is 26.2 Å². The molecule has 1 fully saturated rings. The Morgan fingerprint density at radius 1 is 1.62 bits per heavy atom. The second-order valence-electron chi connectivity index (χ2n) is 3.05. The number of ether oxygens (including phenoxy) is 2. The smallest absolute Gasteiger partial charge is 0.158 e. The minimum Gasteiger partial charge on any atom is -0.353 e. The third-order valence-corrected chi connectivity index (χ3v) is 1.92. The molecule has 1 aliphatic heterocycles. The van der Waals surface area contributed by atoms with E-state index in [-0.39, 0.29) is 12.4 Å². The Hall–Kier alpha value is -0.770. The van der Waals surface area contributed by atoms with Gasteiger partial charge in [-0.1, -0.05) is 12.0 Å². The number of hydrogen-bond acceptors (Lipinski definition) is 3. The summed E-state index contributed by atoms with van der Waals surface area (Å²) in [5, 5.41) is 3.47. The molecule has 0 aliphatic carbocycles. The molecule has 0 aromatic rings. The lowest BCUT2D eigenvalue weighted by atomic mass is 10.2. The molecule has 2 unspecified atom stereocenters. The molecule has 74 valence electrons. The van der Waals surface area contributed by atoms with E-state index >= 15 is 0 Å². The molecule has 0 aromatic carbocycles. The van der Waals surface area contributed by atoms with Gasteiger partial charge in [-0.15, -0.1) is 0 Å². The van der Waals surface area contributed by atoms with Crippen molar-refractivity contribution in [1.82, 2.24) is 0 Å². The van der Waals surface area contributed by atoms with Crippen molar-refractivity contribution in [2.45, 2.75) is 38.6 Å². The van der Waals surface area contributed by atoms with E-state index in [1.807, 2.05) is 0 Å². The molecule has 13 heavy (non-hydrogen) atoms. The molecule has 0 bridgehead atoms. The predicted octanol–water partition coefficient (Wildman–Crippen LogP) is 2.23. The van der Waals surface area contributed by atoms with Crippen molar-refractivity contribution in [3.8, 4) is 0 Å². The van der Waals surface area contributed by atoms with Crippen LogP contribution in [-0.4, -0.2) is 25.5 Å². The van der Waals surface area contributed by atoms with Crippen LogP contribution < -0.4 is 0 Å². The second-order valence-corrected chi connectivity index (χ2v) is 3.05. The number of azide groups is 1. The van der Waals surface area contributed by atoms with Gasteiger partial charge in [0.15, 0.2) is 6.29 Å². The fourth-order valence-corrected chi connectivity index (χ4v) is 1.31. The first kappa shape index (κ1) is 10.3. The monoisotopic (exact) mass is 185 g/mol. The van der Waals surface area contributed by atoms with Gasteiger partial charge in [0.25, 0.3) is 0 Å². The largest absolute Gasteiger partial charge is 0.353 e. The van der Waals surface area contributed by atoms with E-state index in [1.54, 1.807) is 0 Å². The molecular formula is C8H15N3O2. The lowest BCUT2D eigenvalue weighted by Crippen LogP contribution is -2.16. The fraction of sp³-hybridized carbons (Fsp3) is 1.00. The van der Waals surface area contributed by atoms with Crippen molar-refractivity contribution in [2.75, 3.05) is 13.2 Å². The normalized spacial score (nSPS) is 27.2. The lowest BCUT2D eigenvalue weighted by Gasteiger charge is -2.12. The first-order valence-electron chi connectivity index (χ1n) is 4.64. The molecule has 0 N–H and O–H groups in total. The quantitative estimate of drug-likeness (QED) is 0.374. The van der Waals surface area contributed by atoms with E-state index < -0.39 is 0 Å². The van der Waals surface area contributed by atoms with E-state index in [1.165, 1.54) is 0 Å². The molecule has 1 saturated heterocycles.